The lowest BCUT2D eigenvalue weighted by Gasteiger charge is -2.38. The van der Waals surface area contributed by atoms with Crippen molar-refractivity contribution in [1.82, 2.24) is 4.90 Å². The smallest absolute Gasteiger partial charge is 0.414 e. The monoisotopic (exact) mass is 353 g/mol. The normalized spacial score (nSPS) is 22.3. The minimum atomic E-state index is -0.266. The lowest BCUT2D eigenvalue weighted by molar-refractivity contribution is 0.167. The highest BCUT2D eigenvalue weighted by molar-refractivity contribution is 5.93. The summed E-state index contributed by atoms with van der Waals surface area (Å²) in [4.78, 5) is 14.5. The molecule has 0 spiro atoms. The van der Waals surface area contributed by atoms with E-state index in [0.29, 0.717) is 6.61 Å². The summed E-state index contributed by atoms with van der Waals surface area (Å²) in [5.41, 5.74) is 5.52. The Hall–Kier alpha value is -3.33. The second-order valence-electron chi connectivity index (χ2n) is 6.93. The zero-order valence-electron chi connectivity index (χ0n) is 14.8. The molecular formula is C24H19NO2. The first-order valence-electron chi connectivity index (χ1n) is 9.20. The highest BCUT2D eigenvalue weighted by atomic mass is 16.6. The highest BCUT2D eigenvalue weighted by Gasteiger charge is 2.46. The number of nitrogens with zero attached hydrogens (tertiary/aromatic N) is 1. The standard InChI is InChI=1S/C24H19NO2/c26-24-25-21(15-17-9-3-1-4-10-17)19-13-7-8-14-20(19)23(22(25)16-27-24)18-11-5-2-6-12-18/h1-15,22-23H,16H2/b21-15-/t22-,23?/m0/s1. The van der Waals surface area contributed by atoms with Gasteiger partial charge in [0.05, 0.1) is 11.7 Å². The Morgan fingerprint density at radius 2 is 1.52 bits per heavy atom. The average Bonchev–Trinajstić information content (AvgIpc) is 3.11. The summed E-state index contributed by atoms with van der Waals surface area (Å²) in [6, 6.07) is 28.8. The summed E-state index contributed by atoms with van der Waals surface area (Å²) in [7, 11) is 0. The van der Waals surface area contributed by atoms with Crippen molar-refractivity contribution in [3.05, 3.63) is 107 Å². The molecule has 0 aromatic heterocycles. The Morgan fingerprint density at radius 3 is 2.30 bits per heavy atom. The Morgan fingerprint density at radius 1 is 0.852 bits per heavy atom. The van der Waals surface area contributed by atoms with Crippen molar-refractivity contribution in [2.24, 2.45) is 0 Å². The average molecular weight is 353 g/mol. The molecule has 0 radical (unpaired) electrons. The van der Waals surface area contributed by atoms with E-state index >= 15 is 0 Å². The molecule has 0 bridgehead atoms. The van der Waals surface area contributed by atoms with Crippen molar-refractivity contribution < 1.29 is 9.53 Å². The minimum absolute atomic E-state index is 0.0373. The molecule has 1 unspecified atom stereocenters. The minimum Gasteiger partial charge on any atom is -0.447 e. The van der Waals surface area contributed by atoms with Crippen molar-refractivity contribution in [3.8, 4) is 0 Å². The molecule has 1 amide bonds. The summed E-state index contributed by atoms with van der Waals surface area (Å²) in [6.45, 7) is 0.402. The van der Waals surface area contributed by atoms with Gasteiger partial charge in [-0.3, -0.25) is 4.90 Å². The van der Waals surface area contributed by atoms with Crippen molar-refractivity contribution in [1.29, 1.82) is 0 Å². The molecule has 5 rings (SSSR count). The van der Waals surface area contributed by atoms with Crippen molar-refractivity contribution in [3.63, 3.8) is 0 Å². The maximum absolute atomic E-state index is 12.7. The quantitative estimate of drug-likeness (QED) is 0.637. The van der Waals surface area contributed by atoms with Gasteiger partial charge in [-0.05, 0) is 22.8 Å². The zero-order valence-corrected chi connectivity index (χ0v) is 14.8. The van der Waals surface area contributed by atoms with Crippen LogP contribution in [0.15, 0.2) is 84.9 Å². The molecule has 1 saturated heterocycles. The predicted molar refractivity (Wildman–Crippen MR) is 106 cm³/mol. The van der Waals surface area contributed by atoms with Crippen LogP contribution in [0.4, 0.5) is 4.79 Å². The van der Waals surface area contributed by atoms with Crippen molar-refractivity contribution >= 4 is 17.9 Å². The van der Waals surface area contributed by atoms with Crippen molar-refractivity contribution in [2.75, 3.05) is 6.61 Å². The highest BCUT2D eigenvalue weighted by Crippen LogP contribution is 2.46. The summed E-state index contributed by atoms with van der Waals surface area (Å²) >= 11 is 0. The number of fused-ring (bicyclic) bond motifs is 2. The van der Waals surface area contributed by atoms with E-state index in [1.807, 2.05) is 35.2 Å². The second kappa shape index (κ2) is 6.44. The van der Waals surface area contributed by atoms with Crippen LogP contribution in [-0.2, 0) is 4.74 Å². The van der Waals surface area contributed by atoms with Crippen LogP contribution >= 0.6 is 0 Å². The zero-order chi connectivity index (χ0) is 18.2. The van der Waals surface area contributed by atoms with E-state index in [9.17, 15) is 4.79 Å². The topological polar surface area (TPSA) is 29.5 Å². The van der Waals surface area contributed by atoms with Gasteiger partial charge in [0.2, 0.25) is 0 Å². The fourth-order valence-corrected chi connectivity index (χ4v) is 4.21. The van der Waals surface area contributed by atoms with E-state index in [-0.39, 0.29) is 18.1 Å². The molecule has 0 aliphatic carbocycles. The van der Waals surface area contributed by atoms with Crippen LogP contribution in [0.3, 0.4) is 0 Å². The molecule has 27 heavy (non-hydrogen) atoms. The molecule has 2 aliphatic rings. The third-order valence-electron chi connectivity index (χ3n) is 5.38. The second-order valence-corrected chi connectivity index (χ2v) is 6.93. The van der Waals surface area contributed by atoms with E-state index in [0.717, 1.165) is 16.8 Å². The van der Waals surface area contributed by atoms with Crippen LogP contribution in [0.5, 0.6) is 0 Å². The molecule has 3 heteroatoms. The first kappa shape index (κ1) is 15.9. The third kappa shape index (κ3) is 2.63. The van der Waals surface area contributed by atoms with Gasteiger partial charge in [-0.25, -0.2) is 4.79 Å². The van der Waals surface area contributed by atoms with Crippen LogP contribution in [0.2, 0.25) is 0 Å². The van der Waals surface area contributed by atoms with Crippen LogP contribution in [0, 0.1) is 0 Å². The fraction of sp³-hybridized carbons (Fsp3) is 0.125. The maximum atomic E-state index is 12.7. The number of carbonyl (C=O) groups is 1. The largest absolute Gasteiger partial charge is 0.447 e. The number of carbonyl (C=O) groups excluding carboxylic acids is 1. The fourth-order valence-electron chi connectivity index (χ4n) is 4.21. The Labute approximate surface area is 158 Å². The molecule has 3 aromatic rings. The molecule has 3 nitrogen and oxygen atoms in total. The van der Waals surface area contributed by atoms with E-state index in [4.69, 9.17) is 4.74 Å². The van der Waals surface area contributed by atoms with Gasteiger partial charge in [0, 0.05) is 11.5 Å². The Kier molecular flexibility index (Phi) is 3.79. The van der Waals surface area contributed by atoms with Gasteiger partial charge < -0.3 is 4.74 Å². The first-order chi connectivity index (χ1) is 13.3. The summed E-state index contributed by atoms with van der Waals surface area (Å²) in [5, 5.41) is 0. The Balaban J connectivity index is 1.73. The van der Waals surface area contributed by atoms with E-state index in [1.165, 1.54) is 11.1 Å². The molecule has 2 heterocycles. The molecule has 132 valence electrons. The van der Waals surface area contributed by atoms with Gasteiger partial charge in [0.15, 0.2) is 0 Å². The summed E-state index contributed by atoms with van der Waals surface area (Å²) in [5.74, 6) is 0.0989. The lowest BCUT2D eigenvalue weighted by Crippen LogP contribution is -2.41. The number of hydrogen-bond donors (Lipinski definition) is 0. The number of hydrogen-bond acceptors (Lipinski definition) is 2. The molecule has 3 aromatic carbocycles. The number of cyclic esters (lactones) is 1. The van der Waals surface area contributed by atoms with Gasteiger partial charge in [-0.15, -0.1) is 0 Å². The van der Waals surface area contributed by atoms with Crippen LogP contribution in [-0.4, -0.2) is 23.6 Å². The van der Waals surface area contributed by atoms with E-state index in [1.54, 1.807) is 0 Å². The van der Waals surface area contributed by atoms with Gasteiger partial charge in [-0.1, -0.05) is 84.9 Å². The van der Waals surface area contributed by atoms with Crippen LogP contribution in [0.1, 0.15) is 28.2 Å². The number of ether oxygens (including phenoxy) is 1. The molecule has 1 fully saturated rings. The van der Waals surface area contributed by atoms with Gasteiger partial charge in [0.25, 0.3) is 0 Å². The maximum Gasteiger partial charge on any atom is 0.414 e. The molecular weight excluding hydrogens is 334 g/mol. The van der Waals surface area contributed by atoms with E-state index < -0.39 is 0 Å². The molecule has 2 aliphatic heterocycles. The Bertz CT molecular complexity index is 1010. The molecule has 0 saturated carbocycles. The SMILES string of the molecule is O=C1OC[C@H]2C(c3ccccc3)c3ccccc3/C(=C/c3ccccc3)N12. The van der Waals surface area contributed by atoms with E-state index in [2.05, 4.69) is 60.7 Å². The van der Waals surface area contributed by atoms with Crippen molar-refractivity contribution in [2.45, 2.75) is 12.0 Å². The third-order valence-corrected chi connectivity index (χ3v) is 5.38. The lowest BCUT2D eigenvalue weighted by atomic mass is 9.78. The molecule has 0 N–H and O–H groups in total. The summed E-state index contributed by atoms with van der Waals surface area (Å²) in [6.07, 6.45) is 1.82. The molecule has 2 atom stereocenters. The van der Waals surface area contributed by atoms with Gasteiger partial charge in [-0.2, -0.15) is 0 Å². The predicted octanol–water partition coefficient (Wildman–Crippen LogP) is 5.15. The first-order valence-corrected chi connectivity index (χ1v) is 9.20. The van der Waals surface area contributed by atoms with Gasteiger partial charge in [0.1, 0.15) is 6.61 Å². The van der Waals surface area contributed by atoms with Crippen LogP contribution < -0.4 is 0 Å². The van der Waals surface area contributed by atoms with Crippen LogP contribution in [0.25, 0.3) is 11.8 Å². The number of rotatable bonds is 2. The number of benzene rings is 3. The number of amides is 1. The summed E-state index contributed by atoms with van der Waals surface area (Å²) < 4.78 is 5.50. The van der Waals surface area contributed by atoms with Gasteiger partial charge >= 0.3 is 6.09 Å².